The lowest BCUT2D eigenvalue weighted by Crippen LogP contribution is -2.03. The number of aryl methyl sites for hydroxylation is 1. The quantitative estimate of drug-likeness (QED) is 0.426. The molecule has 0 radical (unpaired) electrons. The Kier molecular flexibility index (Phi) is 9.42. The average Bonchev–Trinajstić information content (AvgIpc) is 2.92. The van der Waals surface area contributed by atoms with Crippen LogP contribution in [0.5, 0.6) is 0 Å². The molecule has 0 bridgehead atoms. The summed E-state index contributed by atoms with van der Waals surface area (Å²) in [5, 5.41) is 0. The van der Waals surface area contributed by atoms with Crippen LogP contribution in [0.2, 0.25) is 0 Å². The van der Waals surface area contributed by atoms with Gasteiger partial charge in [-0.1, -0.05) is 51.4 Å². The zero-order chi connectivity index (χ0) is 15.4. The third-order valence-electron chi connectivity index (χ3n) is 3.66. The Balaban J connectivity index is 1.76. The van der Waals surface area contributed by atoms with Crippen molar-refractivity contribution in [1.29, 1.82) is 0 Å². The first kappa shape index (κ1) is 18.2. The highest BCUT2D eigenvalue weighted by Gasteiger charge is 2.02. The molecule has 0 atom stereocenters. The molecule has 0 amide bonds. The Morgan fingerprint density at radius 1 is 0.857 bits per heavy atom. The zero-order valence-electron chi connectivity index (χ0n) is 12.8. The minimum atomic E-state index is -3.76. The second kappa shape index (κ2) is 10.9. The Morgan fingerprint density at radius 2 is 1.38 bits per heavy atom. The van der Waals surface area contributed by atoms with Crippen molar-refractivity contribution in [3.63, 3.8) is 0 Å². The van der Waals surface area contributed by atoms with Crippen LogP contribution in [-0.4, -0.2) is 18.7 Å². The molecule has 1 N–H and O–H groups in total. The van der Waals surface area contributed by atoms with Crippen LogP contribution in [0.1, 0.15) is 70.0 Å². The predicted octanol–water partition coefficient (Wildman–Crippen LogP) is 4.61. The number of hydrogen-bond donors (Lipinski definition) is 1. The lowest BCUT2D eigenvalue weighted by molar-refractivity contribution is 0.477. The minimum absolute atomic E-state index is 0.0946. The second-order valence-corrected chi connectivity index (χ2v) is 7.22. The molecule has 1 heterocycles. The first-order chi connectivity index (χ1) is 10.1. The summed E-state index contributed by atoms with van der Waals surface area (Å²) in [6, 6.07) is 3.97. The Hall–Kier alpha value is -0.810. The van der Waals surface area contributed by atoms with Crippen LogP contribution in [0.3, 0.4) is 0 Å². The highest BCUT2D eigenvalue weighted by molar-refractivity contribution is 7.85. The first-order valence-electron chi connectivity index (χ1n) is 8.05. The maximum absolute atomic E-state index is 10.5. The number of unbranched alkanes of at least 4 members (excludes halogenated alkanes) is 9. The highest BCUT2D eigenvalue weighted by atomic mass is 32.2. The van der Waals surface area contributed by atoms with Crippen molar-refractivity contribution >= 4 is 10.1 Å². The fourth-order valence-electron chi connectivity index (χ4n) is 2.45. The van der Waals surface area contributed by atoms with E-state index in [4.69, 9.17) is 8.97 Å². The first-order valence-corrected chi connectivity index (χ1v) is 9.66. The molecule has 5 heteroatoms. The van der Waals surface area contributed by atoms with Gasteiger partial charge in [-0.3, -0.25) is 4.55 Å². The summed E-state index contributed by atoms with van der Waals surface area (Å²) in [5.41, 5.74) is 0. The molecule has 4 nitrogen and oxygen atoms in total. The van der Waals surface area contributed by atoms with Crippen LogP contribution < -0.4 is 0 Å². The standard InChI is InChI=1S/C16H28O4S/c17-21(18,19)15-10-8-6-4-2-1-3-5-7-9-12-16-13-11-14-20-16/h11,13-14H,1-10,12,15H2,(H,17,18,19). The van der Waals surface area contributed by atoms with E-state index in [2.05, 4.69) is 0 Å². The fraction of sp³-hybridized carbons (Fsp3) is 0.750. The third-order valence-corrected chi connectivity index (χ3v) is 4.46. The van der Waals surface area contributed by atoms with E-state index >= 15 is 0 Å². The Morgan fingerprint density at radius 3 is 1.86 bits per heavy atom. The maximum Gasteiger partial charge on any atom is 0.264 e. The van der Waals surface area contributed by atoms with Gasteiger partial charge >= 0.3 is 0 Å². The van der Waals surface area contributed by atoms with Crippen LogP contribution in [-0.2, 0) is 16.5 Å². The molecular formula is C16H28O4S. The minimum Gasteiger partial charge on any atom is -0.469 e. The normalized spacial score (nSPS) is 11.9. The van der Waals surface area contributed by atoms with E-state index in [1.54, 1.807) is 6.26 Å². The van der Waals surface area contributed by atoms with Gasteiger partial charge in [0.05, 0.1) is 12.0 Å². The Bertz CT molecular complexity index is 437. The summed E-state index contributed by atoms with van der Waals surface area (Å²) in [4.78, 5) is 0. The molecule has 0 spiro atoms. The molecular weight excluding hydrogens is 288 g/mol. The third kappa shape index (κ3) is 11.5. The molecule has 0 aliphatic heterocycles. The van der Waals surface area contributed by atoms with Crippen LogP contribution in [0.4, 0.5) is 0 Å². The largest absolute Gasteiger partial charge is 0.469 e. The molecule has 0 aliphatic carbocycles. The topological polar surface area (TPSA) is 67.5 Å². The van der Waals surface area contributed by atoms with Crippen molar-refractivity contribution in [3.05, 3.63) is 24.2 Å². The van der Waals surface area contributed by atoms with Gasteiger partial charge in [0.25, 0.3) is 10.1 Å². The van der Waals surface area contributed by atoms with E-state index in [9.17, 15) is 8.42 Å². The van der Waals surface area contributed by atoms with Gasteiger partial charge in [-0.25, -0.2) is 0 Å². The zero-order valence-corrected chi connectivity index (χ0v) is 13.6. The molecule has 0 saturated heterocycles. The summed E-state index contributed by atoms with van der Waals surface area (Å²) in [5.74, 6) is 0.989. The number of rotatable bonds is 13. The smallest absolute Gasteiger partial charge is 0.264 e. The van der Waals surface area contributed by atoms with E-state index in [1.807, 2.05) is 12.1 Å². The van der Waals surface area contributed by atoms with Gasteiger partial charge in [-0.15, -0.1) is 0 Å². The van der Waals surface area contributed by atoms with Crippen LogP contribution in [0.15, 0.2) is 22.8 Å². The lowest BCUT2D eigenvalue weighted by atomic mass is 10.1. The summed E-state index contributed by atoms with van der Waals surface area (Å²) in [7, 11) is -3.76. The fourth-order valence-corrected chi connectivity index (χ4v) is 3.02. The van der Waals surface area contributed by atoms with Crippen molar-refractivity contribution in [2.45, 2.75) is 70.6 Å². The van der Waals surface area contributed by atoms with Gasteiger partial charge < -0.3 is 4.42 Å². The van der Waals surface area contributed by atoms with E-state index in [-0.39, 0.29) is 5.75 Å². The average molecular weight is 316 g/mol. The molecule has 1 aromatic heterocycles. The van der Waals surface area contributed by atoms with Crippen LogP contribution >= 0.6 is 0 Å². The van der Waals surface area contributed by atoms with Gasteiger partial charge in [0.2, 0.25) is 0 Å². The molecule has 0 unspecified atom stereocenters. The number of furan rings is 1. The van der Waals surface area contributed by atoms with Crippen molar-refractivity contribution in [3.8, 4) is 0 Å². The summed E-state index contributed by atoms with van der Waals surface area (Å²) in [6.45, 7) is 0. The summed E-state index contributed by atoms with van der Waals surface area (Å²) < 4.78 is 34.9. The lowest BCUT2D eigenvalue weighted by Gasteiger charge is -2.02. The van der Waals surface area contributed by atoms with Crippen LogP contribution in [0, 0.1) is 0 Å². The predicted molar refractivity (Wildman–Crippen MR) is 85.0 cm³/mol. The molecule has 122 valence electrons. The summed E-state index contributed by atoms with van der Waals surface area (Å²) >= 11 is 0. The second-order valence-electron chi connectivity index (χ2n) is 5.65. The maximum atomic E-state index is 10.5. The Labute approximate surface area is 128 Å². The highest BCUT2D eigenvalue weighted by Crippen LogP contribution is 2.12. The van der Waals surface area contributed by atoms with Gasteiger partial charge in [-0.05, 0) is 25.0 Å². The van der Waals surface area contributed by atoms with E-state index in [1.165, 1.54) is 38.5 Å². The van der Waals surface area contributed by atoms with Gasteiger partial charge in [0.15, 0.2) is 0 Å². The van der Waals surface area contributed by atoms with E-state index in [0.29, 0.717) is 6.42 Å². The van der Waals surface area contributed by atoms with Crippen molar-refractivity contribution in [2.75, 3.05) is 5.75 Å². The molecule has 1 rings (SSSR count). The van der Waals surface area contributed by atoms with Crippen molar-refractivity contribution in [2.24, 2.45) is 0 Å². The molecule has 21 heavy (non-hydrogen) atoms. The molecule has 0 aromatic carbocycles. The van der Waals surface area contributed by atoms with Gasteiger partial charge in [-0.2, -0.15) is 8.42 Å². The van der Waals surface area contributed by atoms with Crippen molar-refractivity contribution in [1.82, 2.24) is 0 Å². The number of hydrogen-bond acceptors (Lipinski definition) is 3. The molecule has 1 aromatic rings. The van der Waals surface area contributed by atoms with E-state index < -0.39 is 10.1 Å². The van der Waals surface area contributed by atoms with Crippen LogP contribution in [0.25, 0.3) is 0 Å². The van der Waals surface area contributed by atoms with Crippen molar-refractivity contribution < 1.29 is 17.4 Å². The molecule has 0 fully saturated rings. The summed E-state index contributed by atoms with van der Waals surface area (Å²) in [6.07, 6.45) is 14.0. The molecule has 0 saturated carbocycles. The van der Waals surface area contributed by atoms with Gasteiger partial charge in [0, 0.05) is 6.42 Å². The SMILES string of the molecule is O=S(=O)(O)CCCCCCCCCCCCc1ccco1. The van der Waals surface area contributed by atoms with E-state index in [0.717, 1.165) is 31.4 Å². The van der Waals surface area contributed by atoms with Gasteiger partial charge in [0.1, 0.15) is 5.76 Å². The molecule has 0 aliphatic rings. The monoisotopic (exact) mass is 316 g/mol.